The molecule has 3 nitrogen and oxygen atoms in total. The van der Waals surface area contributed by atoms with Gasteiger partial charge in [-0.15, -0.1) is 0 Å². The van der Waals surface area contributed by atoms with Crippen LogP contribution in [-0.4, -0.2) is 11.6 Å². The SMILES string of the molecule is Nc1ncccc1OCCc1c(F)ccc(F)c1Cl. The molecule has 0 spiro atoms. The highest BCUT2D eigenvalue weighted by atomic mass is 35.5. The van der Waals surface area contributed by atoms with Crippen LogP contribution in [0.25, 0.3) is 0 Å². The summed E-state index contributed by atoms with van der Waals surface area (Å²) in [7, 11) is 0. The van der Waals surface area contributed by atoms with Gasteiger partial charge < -0.3 is 10.5 Å². The zero-order valence-corrected chi connectivity index (χ0v) is 10.6. The predicted octanol–water partition coefficient (Wildman–Crippen LogP) is 3.22. The summed E-state index contributed by atoms with van der Waals surface area (Å²) >= 11 is 5.70. The molecule has 0 unspecified atom stereocenters. The van der Waals surface area contributed by atoms with Gasteiger partial charge in [0.15, 0.2) is 11.6 Å². The molecule has 6 heteroatoms. The Bertz CT molecular complexity index is 593. The number of pyridine rings is 1. The zero-order chi connectivity index (χ0) is 13.8. The van der Waals surface area contributed by atoms with Crippen molar-refractivity contribution in [2.45, 2.75) is 6.42 Å². The fourth-order valence-electron chi connectivity index (χ4n) is 1.59. The lowest BCUT2D eigenvalue weighted by molar-refractivity contribution is 0.320. The lowest BCUT2D eigenvalue weighted by Gasteiger charge is -2.09. The van der Waals surface area contributed by atoms with Gasteiger partial charge in [-0.3, -0.25) is 0 Å². The highest BCUT2D eigenvalue weighted by molar-refractivity contribution is 6.31. The first-order chi connectivity index (χ1) is 9.09. The van der Waals surface area contributed by atoms with Crippen LogP contribution < -0.4 is 10.5 Å². The van der Waals surface area contributed by atoms with E-state index in [-0.39, 0.29) is 29.4 Å². The van der Waals surface area contributed by atoms with Crippen LogP contribution in [0.5, 0.6) is 5.75 Å². The van der Waals surface area contributed by atoms with E-state index < -0.39 is 11.6 Å². The number of rotatable bonds is 4. The molecule has 19 heavy (non-hydrogen) atoms. The van der Waals surface area contributed by atoms with Gasteiger partial charge in [0.2, 0.25) is 0 Å². The maximum absolute atomic E-state index is 13.5. The zero-order valence-electron chi connectivity index (χ0n) is 9.87. The van der Waals surface area contributed by atoms with Gasteiger partial charge in [0.05, 0.1) is 11.6 Å². The van der Waals surface area contributed by atoms with Crippen molar-refractivity contribution in [3.05, 3.63) is 52.7 Å². The molecule has 0 amide bonds. The summed E-state index contributed by atoms with van der Waals surface area (Å²) in [6, 6.07) is 5.34. The Morgan fingerprint density at radius 3 is 2.68 bits per heavy atom. The number of aromatic nitrogens is 1. The number of nitrogens with zero attached hydrogens (tertiary/aromatic N) is 1. The van der Waals surface area contributed by atoms with Crippen LogP contribution in [0.2, 0.25) is 5.02 Å². The van der Waals surface area contributed by atoms with Crippen LogP contribution >= 0.6 is 11.6 Å². The molecule has 0 atom stereocenters. The van der Waals surface area contributed by atoms with E-state index in [9.17, 15) is 8.78 Å². The van der Waals surface area contributed by atoms with Gasteiger partial charge >= 0.3 is 0 Å². The summed E-state index contributed by atoms with van der Waals surface area (Å²) in [6.45, 7) is 0.121. The van der Waals surface area contributed by atoms with Crippen molar-refractivity contribution in [3.8, 4) is 5.75 Å². The lowest BCUT2D eigenvalue weighted by atomic mass is 10.1. The van der Waals surface area contributed by atoms with E-state index in [1.165, 1.54) is 6.20 Å². The Hall–Kier alpha value is -1.88. The third-order valence-corrected chi connectivity index (χ3v) is 2.96. The van der Waals surface area contributed by atoms with Crippen LogP contribution in [0, 0.1) is 11.6 Å². The quantitative estimate of drug-likeness (QED) is 0.877. The number of ether oxygens (including phenoxy) is 1. The summed E-state index contributed by atoms with van der Waals surface area (Å²) < 4.78 is 32.1. The molecule has 1 aromatic carbocycles. The van der Waals surface area contributed by atoms with E-state index in [0.29, 0.717) is 5.75 Å². The number of benzene rings is 1. The van der Waals surface area contributed by atoms with E-state index in [1.54, 1.807) is 12.1 Å². The van der Waals surface area contributed by atoms with Crippen LogP contribution in [0.3, 0.4) is 0 Å². The highest BCUT2D eigenvalue weighted by Gasteiger charge is 2.12. The number of nitrogens with two attached hydrogens (primary N) is 1. The molecular formula is C13H11ClF2N2O. The number of hydrogen-bond donors (Lipinski definition) is 1. The molecule has 1 aromatic heterocycles. The largest absolute Gasteiger partial charge is 0.489 e. The standard InChI is InChI=1S/C13H11ClF2N2O/c14-12-8(9(15)3-4-10(12)16)5-7-19-11-2-1-6-18-13(11)17/h1-4,6H,5,7H2,(H2,17,18). The molecule has 0 bridgehead atoms. The van der Waals surface area contributed by atoms with E-state index in [1.807, 2.05) is 0 Å². The molecule has 0 fully saturated rings. The third kappa shape index (κ3) is 3.12. The second kappa shape index (κ2) is 5.84. The van der Waals surface area contributed by atoms with Gasteiger partial charge in [0, 0.05) is 18.2 Å². The van der Waals surface area contributed by atoms with Gasteiger partial charge in [-0.2, -0.15) is 0 Å². The minimum Gasteiger partial charge on any atom is -0.489 e. The molecule has 0 aliphatic carbocycles. The van der Waals surface area contributed by atoms with Gasteiger partial charge in [-0.1, -0.05) is 11.6 Å². The molecule has 0 radical (unpaired) electrons. The van der Waals surface area contributed by atoms with Gasteiger partial charge in [-0.25, -0.2) is 13.8 Å². The van der Waals surface area contributed by atoms with Crippen molar-refractivity contribution >= 4 is 17.4 Å². The third-order valence-electron chi connectivity index (χ3n) is 2.55. The van der Waals surface area contributed by atoms with E-state index in [0.717, 1.165) is 12.1 Å². The first-order valence-corrected chi connectivity index (χ1v) is 5.93. The van der Waals surface area contributed by atoms with Crippen LogP contribution in [0.15, 0.2) is 30.5 Å². The van der Waals surface area contributed by atoms with E-state index >= 15 is 0 Å². The second-order valence-corrected chi connectivity index (χ2v) is 4.18. The van der Waals surface area contributed by atoms with Crippen molar-refractivity contribution in [3.63, 3.8) is 0 Å². The first kappa shape index (κ1) is 13.5. The fraction of sp³-hybridized carbons (Fsp3) is 0.154. The summed E-state index contributed by atoms with van der Waals surface area (Å²) in [5.74, 6) is -0.572. The van der Waals surface area contributed by atoms with Gasteiger partial charge in [0.25, 0.3) is 0 Å². The number of hydrogen-bond acceptors (Lipinski definition) is 3. The lowest BCUT2D eigenvalue weighted by Crippen LogP contribution is -2.06. The molecular weight excluding hydrogens is 274 g/mol. The van der Waals surface area contributed by atoms with Crippen LogP contribution in [-0.2, 0) is 6.42 Å². The maximum Gasteiger partial charge on any atom is 0.166 e. The van der Waals surface area contributed by atoms with Crippen molar-refractivity contribution < 1.29 is 13.5 Å². The number of nitrogen functional groups attached to an aromatic ring is 1. The molecule has 2 N–H and O–H groups in total. The smallest absolute Gasteiger partial charge is 0.166 e. The molecule has 0 saturated heterocycles. The molecule has 2 rings (SSSR count). The summed E-state index contributed by atoms with van der Waals surface area (Å²) in [6.07, 6.45) is 1.67. The number of anilines is 1. The molecule has 100 valence electrons. The Kier molecular flexibility index (Phi) is 4.16. The van der Waals surface area contributed by atoms with Crippen LogP contribution in [0.4, 0.5) is 14.6 Å². The topological polar surface area (TPSA) is 48.1 Å². The fourth-order valence-corrected chi connectivity index (χ4v) is 1.83. The highest BCUT2D eigenvalue weighted by Crippen LogP contribution is 2.24. The van der Waals surface area contributed by atoms with Crippen molar-refractivity contribution in [2.24, 2.45) is 0 Å². The van der Waals surface area contributed by atoms with Crippen molar-refractivity contribution in [1.82, 2.24) is 4.98 Å². The predicted molar refractivity (Wildman–Crippen MR) is 69.2 cm³/mol. The summed E-state index contributed by atoms with van der Waals surface area (Å²) in [5, 5.41) is -0.220. The molecule has 0 aliphatic rings. The number of halogens is 3. The minimum atomic E-state index is -0.654. The second-order valence-electron chi connectivity index (χ2n) is 3.81. The average molecular weight is 285 g/mol. The monoisotopic (exact) mass is 284 g/mol. The summed E-state index contributed by atoms with van der Waals surface area (Å²) in [4.78, 5) is 3.85. The maximum atomic E-state index is 13.5. The van der Waals surface area contributed by atoms with Crippen molar-refractivity contribution in [2.75, 3.05) is 12.3 Å². The molecule has 0 saturated carbocycles. The van der Waals surface area contributed by atoms with E-state index in [2.05, 4.69) is 4.98 Å². The first-order valence-electron chi connectivity index (χ1n) is 5.55. The van der Waals surface area contributed by atoms with E-state index in [4.69, 9.17) is 22.1 Å². The Labute approximate surface area is 114 Å². The molecule has 0 aliphatic heterocycles. The summed E-state index contributed by atoms with van der Waals surface area (Å²) in [5.41, 5.74) is 5.67. The average Bonchev–Trinajstić information content (AvgIpc) is 2.40. The Morgan fingerprint density at radius 1 is 1.21 bits per heavy atom. The molecule has 2 aromatic rings. The Balaban J connectivity index is 2.04. The van der Waals surface area contributed by atoms with Gasteiger partial charge in [0.1, 0.15) is 11.6 Å². The minimum absolute atomic E-state index is 0.0872. The normalized spacial score (nSPS) is 10.5. The molecule has 1 heterocycles. The van der Waals surface area contributed by atoms with Crippen LogP contribution in [0.1, 0.15) is 5.56 Å². The van der Waals surface area contributed by atoms with Gasteiger partial charge in [-0.05, 0) is 24.3 Å². The van der Waals surface area contributed by atoms with Crippen molar-refractivity contribution in [1.29, 1.82) is 0 Å². The Morgan fingerprint density at radius 2 is 1.95 bits per heavy atom.